The molecule has 0 aliphatic rings. The van der Waals surface area contributed by atoms with Crippen molar-refractivity contribution in [2.45, 2.75) is 86.7 Å². The Hall–Kier alpha value is -2.22. The van der Waals surface area contributed by atoms with Crippen LogP contribution in [0.4, 0.5) is 74.6 Å². The Labute approximate surface area is 245 Å². The first-order valence-corrected chi connectivity index (χ1v) is 12.7. The minimum Gasteiger partial charge on any atom is -0.492 e. The lowest BCUT2D eigenvalue weighted by Crippen LogP contribution is -2.74. The van der Waals surface area contributed by atoms with Crippen molar-refractivity contribution < 1.29 is 88.9 Å². The molecule has 0 fully saturated rings. The number of alkyl halides is 17. The summed E-state index contributed by atoms with van der Waals surface area (Å²) in [4.78, 5) is 12.0. The van der Waals surface area contributed by atoms with Gasteiger partial charge in [0.2, 0.25) is 0 Å². The minimum absolute atomic E-state index is 0.0787. The largest absolute Gasteiger partial charge is 0.492 e. The van der Waals surface area contributed by atoms with Crippen LogP contribution in [0.3, 0.4) is 0 Å². The summed E-state index contributed by atoms with van der Waals surface area (Å²) >= 11 is 2.99. The van der Waals surface area contributed by atoms with Crippen LogP contribution in [0.2, 0.25) is 0 Å². The van der Waals surface area contributed by atoms with Gasteiger partial charge in [0.15, 0.2) is 0 Å². The van der Waals surface area contributed by atoms with Gasteiger partial charge in [-0.15, -0.1) is 0 Å². The van der Waals surface area contributed by atoms with Crippen LogP contribution in [-0.4, -0.2) is 66.8 Å². The number of carbonyl (C=O) groups is 1. The molecule has 0 N–H and O–H groups in total. The third-order valence-electron chi connectivity index (χ3n) is 5.86. The van der Waals surface area contributed by atoms with Gasteiger partial charge in [-0.05, 0) is 40.5 Å². The van der Waals surface area contributed by atoms with Crippen molar-refractivity contribution in [1.82, 2.24) is 0 Å². The number of carbonyl (C=O) groups excluding carboxylic acids is 1. The SMILES string of the molecule is CCCCCCOc1ccc(C(=O)OCCC(F)(F)C(F)(F)C(F)(F)C(F)(F)C(F)(F)C(F)(F)C(F)(F)C(F)(F)F)cc1Br. The van der Waals surface area contributed by atoms with Crippen molar-refractivity contribution in [3.05, 3.63) is 28.2 Å². The smallest absolute Gasteiger partial charge is 0.460 e. The molecular formula is C23H20BrF17O3. The Morgan fingerprint density at radius 2 is 1.14 bits per heavy atom. The molecule has 21 heteroatoms. The van der Waals surface area contributed by atoms with Crippen molar-refractivity contribution in [3.63, 3.8) is 0 Å². The molecule has 0 unspecified atom stereocenters. The normalized spacial score (nSPS) is 14.5. The molecule has 0 aromatic heterocycles. The van der Waals surface area contributed by atoms with Gasteiger partial charge in [-0.2, -0.15) is 74.6 Å². The number of ether oxygens (including phenoxy) is 2. The second-order valence-corrected chi connectivity index (χ2v) is 9.94. The number of hydrogen-bond donors (Lipinski definition) is 0. The molecule has 1 aromatic rings. The van der Waals surface area contributed by atoms with Crippen molar-refractivity contribution in [1.29, 1.82) is 0 Å². The maximum atomic E-state index is 14.0. The molecular weight excluding hydrogens is 727 g/mol. The molecule has 0 bridgehead atoms. The topological polar surface area (TPSA) is 35.5 Å². The monoisotopic (exact) mass is 746 g/mol. The lowest BCUT2D eigenvalue weighted by Gasteiger charge is -2.42. The van der Waals surface area contributed by atoms with Crippen molar-refractivity contribution >= 4 is 21.9 Å². The van der Waals surface area contributed by atoms with Crippen LogP contribution in [0.25, 0.3) is 0 Å². The molecule has 256 valence electrons. The molecule has 0 amide bonds. The summed E-state index contributed by atoms with van der Waals surface area (Å²) < 4.78 is 236. The summed E-state index contributed by atoms with van der Waals surface area (Å²) in [5.74, 6) is -58.5. The van der Waals surface area contributed by atoms with Gasteiger partial charge >= 0.3 is 53.6 Å². The number of esters is 1. The summed E-state index contributed by atoms with van der Waals surface area (Å²) in [5, 5.41) is 0. The molecule has 3 nitrogen and oxygen atoms in total. The molecule has 0 atom stereocenters. The molecule has 0 saturated carbocycles. The fraction of sp³-hybridized carbons (Fsp3) is 0.696. The van der Waals surface area contributed by atoms with Crippen LogP contribution < -0.4 is 4.74 Å². The van der Waals surface area contributed by atoms with E-state index >= 15 is 0 Å². The highest BCUT2D eigenvalue weighted by Crippen LogP contribution is 2.64. The van der Waals surface area contributed by atoms with Crippen molar-refractivity contribution in [2.24, 2.45) is 0 Å². The molecule has 1 aromatic carbocycles. The van der Waals surface area contributed by atoms with Gasteiger partial charge in [0.05, 0.1) is 29.7 Å². The molecule has 1 rings (SSSR count). The van der Waals surface area contributed by atoms with E-state index in [-0.39, 0.29) is 16.8 Å². The predicted octanol–water partition coefficient (Wildman–Crippen LogP) is 9.96. The number of benzene rings is 1. The molecule has 0 heterocycles. The average Bonchev–Trinajstić information content (AvgIpc) is 2.87. The Kier molecular flexibility index (Phi) is 12.0. The first-order chi connectivity index (χ1) is 19.6. The van der Waals surface area contributed by atoms with Crippen LogP contribution in [-0.2, 0) is 4.74 Å². The van der Waals surface area contributed by atoms with Crippen LogP contribution in [0.5, 0.6) is 5.75 Å². The summed E-state index contributed by atoms with van der Waals surface area (Å²) in [7, 11) is 0. The zero-order chi connectivity index (χ0) is 34.8. The fourth-order valence-corrected chi connectivity index (χ4v) is 3.66. The third kappa shape index (κ3) is 7.10. The number of unbranched alkanes of at least 4 members (excludes halogenated alkanes) is 3. The lowest BCUT2D eigenvalue weighted by atomic mass is 9.88. The van der Waals surface area contributed by atoms with E-state index in [1.807, 2.05) is 6.92 Å². The highest BCUT2D eigenvalue weighted by molar-refractivity contribution is 9.10. The Morgan fingerprint density at radius 3 is 1.59 bits per heavy atom. The zero-order valence-corrected chi connectivity index (χ0v) is 23.3. The minimum atomic E-state index is -8.70. The van der Waals surface area contributed by atoms with Crippen LogP contribution >= 0.6 is 15.9 Å². The van der Waals surface area contributed by atoms with E-state index < -0.39 is 72.2 Å². The zero-order valence-electron chi connectivity index (χ0n) is 21.7. The number of rotatable bonds is 16. The Balaban J connectivity index is 3.11. The average molecular weight is 747 g/mol. The quantitative estimate of drug-likeness (QED) is 0.0960. The summed E-state index contributed by atoms with van der Waals surface area (Å²) in [6, 6.07) is 3.07. The standard InChI is InChI=1S/C23H20BrF17O3/c1-2-3-4-5-9-43-14-7-6-12(11-13(14)24)15(42)44-10-8-16(25,26)17(27,28)18(29,30)19(31,32)20(33,34)21(35,36)22(37,38)23(39,40)41/h6-7,11H,2-5,8-10H2,1H3. The molecule has 44 heavy (non-hydrogen) atoms. The molecule has 0 aliphatic heterocycles. The Bertz CT molecular complexity index is 1140. The van der Waals surface area contributed by atoms with Crippen molar-refractivity contribution in [3.8, 4) is 5.75 Å². The maximum absolute atomic E-state index is 14.0. The first kappa shape index (κ1) is 39.8. The molecule has 0 saturated heterocycles. The van der Waals surface area contributed by atoms with Crippen molar-refractivity contribution in [2.75, 3.05) is 13.2 Å². The van der Waals surface area contributed by atoms with E-state index in [1.165, 1.54) is 0 Å². The van der Waals surface area contributed by atoms with Gasteiger partial charge in [0, 0.05) is 0 Å². The van der Waals surface area contributed by atoms with Gasteiger partial charge in [0.1, 0.15) is 5.75 Å². The summed E-state index contributed by atoms with van der Waals surface area (Å²) in [6.45, 7) is 0.164. The van der Waals surface area contributed by atoms with E-state index in [2.05, 4.69) is 20.7 Å². The van der Waals surface area contributed by atoms with Gasteiger partial charge in [-0.3, -0.25) is 0 Å². The highest BCUT2D eigenvalue weighted by atomic mass is 79.9. The second-order valence-electron chi connectivity index (χ2n) is 9.09. The van der Waals surface area contributed by atoms with E-state index in [9.17, 15) is 79.4 Å². The van der Waals surface area contributed by atoms with E-state index in [0.29, 0.717) is 6.42 Å². The number of hydrogen-bond acceptors (Lipinski definition) is 3. The second kappa shape index (κ2) is 13.3. The van der Waals surface area contributed by atoms with E-state index in [4.69, 9.17) is 4.74 Å². The number of halogens is 18. The maximum Gasteiger partial charge on any atom is 0.460 e. The lowest BCUT2D eigenvalue weighted by molar-refractivity contribution is -0.461. The van der Waals surface area contributed by atoms with Crippen LogP contribution in [0.15, 0.2) is 22.7 Å². The van der Waals surface area contributed by atoms with Gasteiger partial charge in [-0.25, -0.2) is 4.79 Å². The van der Waals surface area contributed by atoms with Crippen LogP contribution in [0, 0.1) is 0 Å². The molecule has 0 aliphatic carbocycles. The first-order valence-electron chi connectivity index (χ1n) is 11.9. The van der Waals surface area contributed by atoms with Gasteiger partial charge < -0.3 is 9.47 Å². The molecule has 0 spiro atoms. The predicted molar refractivity (Wildman–Crippen MR) is 119 cm³/mol. The van der Waals surface area contributed by atoms with Gasteiger partial charge in [-0.1, -0.05) is 26.2 Å². The molecule has 0 radical (unpaired) electrons. The van der Waals surface area contributed by atoms with Crippen LogP contribution in [0.1, 0.15) is 49.4 Å². The third-order valence-corrected chi connectivity index (χ3v) is 6.48. The fourth-order valence-electron chi connectivity index (χ4n) is 3.16. The Morgan fingerprint density at radius 1 is 0.659 bits per heavy atom. The summed E-state index contributed by atoms with van der Waals surface area (Å²) in [6.07, 6.45) is -7.37. The van der Waals surface area contributed by atoms with E-state index in [0.717, 1.165) is 37.5 Å². The van der Waals surface area contributed by atoms with E-state index in [1.54, 1.807) is 0 Å². The van der Waals surface area contributed by atoms with Gasteiger partial charge in [0.25, 0.3) is 0 Å². The summed E-state index contributed by atoms with van der Waals surface area (Å²) in [5.41, 5.74) is -0.505. The highest BCUT2D eigenvalue weighted by Gasteiger charge is 2.95.